The largest absolute Gasteiger partial charge is 0.348 e. The van der Waals surface area contributed by atoms with Crippen LogP contribution in [0.3, 0.4) is 0 Å². The number of rotatable bonds is 3. The summed E-state index contributed by atoms with van der Waals surface area (Å²) in [5.41, 5.74) is 0.744. The molecular formula is C13H19ClN2OS. The molecule has 0 spiro atoms. The number of nitrogens with one attached hydrogen (secondary N) is 2. The Labute approximate surface area is 119 Å². The van der Waals surface area contributed by atoms with E-state index in [9.17, 15) is 4.79 Å². The van der Waals surface area contributed by atoms with Gasteiger partial charge in [-0.2, -0.15) is 0 Å². The van der Waals surface area contributed by atoms with E-state index in [1.165, 1.54) is 4.90 Å². The van der Waals surface area contributed by atoms with Crippen LogP contribution in [-0.4, -0.2) is 31.3 Å². The maximum absolute atomic E-state index is 12.0. The van der Waals surface area contributed by atoms with Crippen LogP contribution in [0.2, 0.25) is 0 Å². The molecule has 3 nitrogen and oxygen atoms in total. The zero-order valence-corrected chi connectivity index (χ0v) is 12.1. The second kappa shape index (κ2) is 7.67. The third kappa shape index (κ3) is 4.19. The van der Waals surface area contributed by atoms with Crippen LogP contribution in [0, 0.1) is 0 Å². The lowest BCUT2D eigenvalue weighted by molar-refractivity contribution is 0.0930. The molecule has 100 valence electrons. The summed E-state index contributed by atoms with van der Waals surface area (Å²) in [4.78, 5) is 13.1. The predicted octanol–water partition coefficient (Wildman–Crippen LogP) is 2.31. The van der Waals surface area contributed by atoms with E-state index in [-0.39, 0.29) is 24.4 Å². The van der Waals surface area contributed by atoms with E-state index < -0.39 is 0 Å². The highest BCUT2D eigenvalue weighted by molar-refractivity contribution is 7.98. The quantitative estimate of drug-likeness (QED) is 0.838. The lowest BCUT2D eigenvalue weighted by atomic mass is 10.1. The summed E-state index contributed by atoms with van der Waals surface area (Å²) in [6.07, 6.45) is 4.24. The normalized spacial score (nSPS) is 18.8. The molecule has 1 aromatic rings. The van der Waals surface area contributed by atoms with E-state index in [1.54, 1.807) is 11.8 Å². The molecule has 1 heterocycles. The Kier molecular flexibility index (Phi) is 6.54. The van der Waals surface area contributed by atoms with Crippen molar-refractivity contribution in [3.63, 3.8) is 0 Å². The van der Waals surface area contributed by atoms with E-state index in [0.717, 1.165) is 31.5 Å². The van der Waals surface area contributed by atoms with Crippen LogP contribution >= 0.6 is 24.2 Å². The van der Waals surface area contributed by atoms with E-state index in [0.29, 0.717) is 0 Å². The van der Waals surface area contributed by atoms with Gasteiger partial charge in [0.2, 0.25) is 0 Å². The molecule has 1 fully saturated rings. The minimum Gasteiger partial charge on any atom is -0.348 e. The van der Waals surface area contributed by atoms with Crippen molar-refractivity contribution in [3.8, 4) is 0 Å². The fourth-order valence-corrected chi connectivity index (χ4v) is 2.39. The summed E-state index contributed by atoms with van der Waals surface area (Å²) in [5, 5.41) is 6.36. The Morgan fingerprint density at radius 1 is 1.39 bits per heavy atom. The van der Waals surface area contributed by atoms with Gasteiger partial charge in [-0.3, -0.25) is 4.79 Å². The maximum Gasteiger partial charge on any atom is 0.251 e. The highest BCUT2D eigenvalue weighted by Crippen LogP contribution is 2.15. The fourth-order valence-electron chi connectivity index (χ4n) is 1.99. The van der Waals surface area contributed by atoms with Gasteiger partial charge in [-0.05, 0) is 49.9 Å². The zero-order valence-electron chi connectivity index (χ0n) is 10.4. The Hall–Kier alpha value is -0.710. The van der Waals surface area contributed by atoms with Crippen LogP contribution in [0.15, 0.2) is 29.2 Å². The van der Waals surface area contributed by atoms with Gasteiger partial charge in [0.25, 0.3) is 5.91 Å². The number of benzene rings is 1. The number of halogens is 1. The number of piperidine rings is 1. The second-order valence-corrected chi connectivity index (χ2v) is 5.12. The lowest BCUT2D eigenvalue weighted by Gasteiger charge is -2.23. The van der Waals surface area contributed by atoms with Gasteiger partial charge in [-0.1, -0.05) is 0 Å². The average Bonchev–Trinajstić information content (AvgIpc) is 2.40. The summed E-state index contributed by atoms with van der Waals surface area (Å²) in [5.74, 6) is 0.0337. The molecule has 0 unspecified atom stereocenters. The Morgan fingerprint density at radius 2 is 2.11 bits per heavy atom. The highest BCUT2D eigenvalue weighted by atomic mass is 35.5. The third-order valence-corrected chi connectivity index (χ3v) is 3.73. The molecule has 1 amide bonds. The summed E-state index contributed by atoms with van der Waals surface area (Å²) < 4.78 is 0. The third-order valence-electron chi connectivity index (χ3n) is 2.98. The number of hydrogen-bond donors (Lipinski definition) is 2. The van der Waals surface area contributed by atoms with Crippen molar-refractivity contribution in [1.82, 2.24) is 10.6 Å². The van der Waals surface area contributed by atoms with Crippen molar-refractivity contribution in [2.45, 2.75) is 23.8 Å². The highest BCUT2D eigenvalue weighted by Gasteiger charge is 2.15. The minimum atomic E-state index is 0. The first-order valence-corrected chi connectivity index (χ1v) is 7.17. The van der Waals surface area contributed by atoms with Gasteiger partial charge in [0.1, 0.15) is 0 Å². The van der Waals surface area contributed by atoms with Crippen LogP contribution < -0.4 is 10.6 Å². The van der Waals surface area contributed by atoms with Crippen LogP contribution in [0.4, 0.5) is 0 Å². The first-order chi connectivity index (χ1) is 8.29. The molecule has 1 aromatic carbocycles. The fraction of sp³-hybridized carbons (Fsp3) is 0.462. The van der Waals surface area contributed by atoms with Gasteiger partial charge in [0, 0.05) is 23.0 Å². The topological polar surface area (TPSA) is 41.1 Å². The van der Waals surface area contributed by atoms with Crippen LogP contribution in [0.5, 0.6) is 0 Å². The second-order valence-electron chi connectivity index (χ2n) is 4.25. The summed E-state index contributed by atoms with van der Waals surface area (Å²) in [6.45, 7) is 1.95. The van der Waals surface area contributed by atoms with Crippen LogP contribution in [0.1, 0.15) is 23.2 Å². The summed E-state index contributed by atoms with van der Waals surface area (Å²) >= 11 is 1.68. The molecule has 0 bridgehead atoms. The molecule has 5 heteroatoms. The molecule has 1 aliphatic heterocycles. The van der Waals surface area contributed by atoms with Gasteiger partial charge >= 0.3 is 0 Å². The first kappa shape index (κ1) is 15.3. The molecule has 2 rings (SSSR count). The molecule has 1 atom stereocenters. The monoisotopic (exact) mass is 286 g/mol. The standard InChI is InChI=1S/C13H18N2OS.ClH/c1-17-12-6-4-10(5-7-12)13(16)15-11-3-2-8-14-9-11;/h4-7,11,14H,2-3,8-9H2,1H3,(H,15,16);1H/t11-;/m1./s1. The Bertz CT molecular complexity index is 377. The zero-order chi connectivity index (χ0) is 12.1. The maximum atomic E-state index is 12.0. The number of amides is 1. The number of hydrogen-bond acceptors (Lipinski definition) is 3. The molecule has 0 aliphatic carbocycles. The van der Waals surface area contributed by atoms with E-state index >= 15 is 0 Å². The van der Waals surface area contributed by atoms with Gasteiger partial charge in [-0.15, -0.1) is 24.2 Å². The molecule has 0 saturated carbocycles. The van der Waals surface area contributed by atoms with E-state index in [1.807, 2.05) is 30.5 Å². The van der Waals surface area contributed by atoms with Crippen molar-refractivity contribution >= 4 is 30.1 Å². The van der Waals surface area contributed by atoms with Crippen molar-refractivity contribution in [2.75, 3.05) is 19.3 Å². The molecule has 1 saturated heterocycles. The average molecular weight is 287 g/mol. The molecular weight excluding hydrogens is 268 g/mol. The van der Waals surface area contributed by atoms with Gasteiger partial charge in [0.15, 0.2) is 0 Å². The number of carbonyl (C=O) groups is 1. The van der Waals surface area contributed by atoms with Crippen molar-refractivity contribution in [3.05, 3.63) is 29.8 Å². The number of carbonyl (C=O) groups excluding carboxylic acids is 1. The Morgan fingerprint density at radius 3 is 2.67 bits per heavy atom. The van der Waals surface area contributed by atoms with Crippen molar-refractivity contribution < 1.29 is 4.79 Å². The van der Waals surface area contributed by atoms with Crippen LogP contribution in [-0.2, 0) is 0 Å². The van der Waals surface area contributed by atoms with Gasteiger partial charge in [0.05, 0.1) is 0 Å². The van der Waals surface area contributed by atoms with Crippen molar-refractivity contribution in [1.29, 1.82) is 0 Å². The smallest absolute Gasteiger partial charge is 0.251 e. The van der Waals surface area contributed by atoms with Crippen molar-refractivity contribution in [2.24, 2.45) is 0 Å². The summed E-state index contributed by atoms with van der Waals surface area (Å²) in [6, 6.07) is 8.02. The molecule has 0 aromatic heterocycles. The van der Waals surface area contributed by atoms with Gasteiger partial charge in [-0.25, -0.2) is 0 Å². The molecule has 1 aliphatic rings. The lowest BCUT2D eigenvalue weighted by Crippen LogP contribution is -2.45. The Balaban J connectivity index is 0.00000162. The summed E-state index contributed by atoms with van der Waals surface area (Å²) in [7, 11) is 0. The minimum absolute atomic E-state index is 0. The molecule has 2 N–H and O–H groups in total. The molecule has 18 heavy (non-hydrogen) atoms. The van der Waals surface area contributed by atoms with E-state index in [4.69, 9.17) is 0 Å². The van der Waals surface area contributed by atoms with E-state index in [2.05, 4.69) is 10.6 Å². The van der Waals surface area contributed by atoms with Gasteiger partial charge < -0.3 is 10.6 Å². The first-order valence-electron chi connectivity index (χ1n) is 5.95. The predicted molar refractivity (Wildman–Crippen MR) is 78.8 cm³/mol. The SMILES string of the molecule is CSc1ccc(C(=O)N[C@@H]2CCCNC2)cc1.Cl. The molecule has 0 radical (unpaired) electrons. The number of thioether (sulfide) groups is 1. The van der Waals surface area contributed by atoms with Crippen LogP contribution in [0.25, 0.3) is 0 Å².